The third kappa shape index (κ3) is 3.84. The van der Waals surface area contributed by atoms with Gasteiger partial charge in [-0.05, 0) is 42.5 Å². The number of aromatic nitrogens is 3. The number of nitrogens with zero attached hydrogens (tertiary/aromatic N) is 3. The van der Waals surface area contributed by atoms with Crippen molar-refractivity contribution in [2.75, 3.05) is 18.2 Å². The van der Waals surface area contributed by atoms with Crippen LogP contribution in [0.4, 0.5) is 24.7 Å². The van der Waals surface area contributed by atoms with Gasteiger partial charge < -0.3 is 15.8 Å². The molecule has 0 fully saturated rings. The molecule has 0 spiro atoms. The zero-order valence-corrected chi connectivity index (χ0v) is 14.0. The number of alkyl halides is 3. The van der Waals surface area contributed by atoms with Crippen LogP contribution in [0.1, 0.15) is 16.1 Å². The van der Waals surface area contributed by atoms with Gasteiger partial charge in [0, 0.05) is 5.69 Å². The van der Waals surface area contributed by atoms with Crippen LogP contribution in [0, 0.1) is 0 Å². The van der Waals surface area contributed by atoms with E-state index in [0.29, 0.717) is 11.4 Å². The molecule has 3 N–H and O–H groups in total. The second-order valence-electron chi connectivity index (χ2n) is 5.47. The minimum atomic E-state index is -4.52. The maximum atomic E-state index is 12.8. The summed E-state index contributed by atoms with van der Waals surface area (Å²) in [6, 6.07) is 10.9. The van der Waals surface area contributed by atoms with E-state index in [9.17, 15) is 18.0 Å². The van der Waals surface area contributed by atoms with Crippen molar-refractivity contribution in [2.24, 2.45) is 0 Å². The van der Waals surface area contributed by atoms with Crippen molar-refractivity contribution in [3.63, 3.8) is 0 Å². The van der Waals surface area contributed by atoms with Gasteiger partial charge in [-0.15, -0.1) is 5.10 Å². The van der Waals surface area contributed by atoms with Gasteiger partial charge in [-0.2, -0.15) is 17.9 Å². The lowest BCUT2D eigenvalue weighted by Crippen LogP contribution is -2.15. The van der Waals surface area contributed by atoms with Gasteiger partial charge in [-0.25, -0.2) is 0 Å². The molecule has 1 aromatic heterocycles. The summed E-state index contributed by atoms with van der Waals surface area (Å²) in [4.78, 5) is 12.3. The summed E-state index contributed by atoms with van der Waals surface area (Å²) in [5.41, 5.74) is 5.35. The summed E-state index contributed by atoms with van der Waals surface area (Å²) >= 11 is 0. The van der Waals surface area contributed by atoms with Crippen LogP contribution in [0.2, 0.25) is 0 Å². The third-order valence-corrected chi connectivity index (χ3v) is 3.68. The highest BCUT2D eigenvalue weighted by molar-refractivity contribution is 6.05. The number of carbonyl (C=O) groups is 1. The number of rotatable bonds is 4. The SMILES string of the molecule is COc1ccc(-n2nnc(C(=O)Nc3cccc(C(F)(F)F)c3)c2N)cc1. The number of halogens is 3. The monoisotopic (exact) mass is 377 g/mol. The first-order chi connectivity index (χ1) is 12.8. The average molecular weight is 377 g/mol. The summed E-state index contributed by atoms with van der Waals surface area (Å²) in [5.74, 6) is -0.198. The number of hydrogen-bond acceptors (Lipinski definition) is 5. The van der Waals surface area contributed by atoms with E-state index < -0.39 is 17.6 Å². The van der Waals surface area contributed by atoms with Crippen LogP contribution in [0.3, 0.4) is 0 Å². The maximum absolute atomic E-state index is 12.8. The Morgan fingerprint density at radius 1 is 1.19 bits per heavy atom. The third-order valence-electron chi connectivity index (χ3n) is 3.68. The molecule has 0 saturated carbocycles. The molecule has 0 bridgehead atoms. The summed E-state index contributed by atoms with van der Waals surface area (Å²) in [5, 5.41) is 9.89. The number of ether oxygens (including phenoxy) is 1. The molecule has 10 heteroatoms. The van der Waals surface area contributed by atoms with E-state index in [2.05, 4.69) is 15.6 Å². The lowest BCUT2D eigenvalue weighted by Gasteiger charge is -2.09. The zero-order chi connectivity index (χ0) is 19.6. The van der Waals surface area contributed by atoms with E-state index in [-0.39, 0.29) is 17.2 Å². The van der Waals surface area contributed by atoms with E-state index in [1.54, 1.807) is 24.3 Å². The van der Waals surface area contributed by atoms with Crippen LogP contribution in [0.25, 0.3) is 5.69 Å². The van der Waals surface area contributed by atoms with Gasteiger partial charge in [0.15, 0.2) is 11.5 Å². The Morgan fingerprint density at radius 3 is 2.52 bits per heavy atom. The van der Waals surface area contributed by atoms with E-state index in [1.807, 2.05) is 0 Å². The fraction of sp³-hybridized carbons (Fsp3) is 0.118. The maximum Gasteiger partial charge on any atom is 0.416 e. The number of methoxy groups -OCH3 is 1. The molecule has 1 amide bonds. The van der Waals surface area contributed by atoms with Crippen molar-refractivity contribution >= 4 is 17.4 Å². The molecule has 27 heavy (non-hydrogen) atoms. The number of anilines is 2. The van der Waals surface area contributed by atoms with Crippen LogP contribution >= 0.6 is 0 Å². The largest absolute Gasteiger partial charge is 0.497 e. The van der Waals surface area contributed by atoms with Gasteiger partial charge in [0.1, 0.15) is 5.75 Å². The molecule has 3 rings (SSSR count). The number of carbonyl (C=O) groups excluding carboxylic acids is 1. The zero-order valence-electron chi connectivity index (χ0n) is 14.0. The minimum Gasteiger partial charge on any atom is -0.497 e. The van der Waals surface area contributed by atoms with Crippen LogP contribution in [-0.2, 0) is 6.18 Å². The summed E-state index contributed by atoms with van der Waals surface area (Å²) in [6.07, 6.45) is -4.52. The second-order valence-corrected chi connectivity index (χ2v) is 5.47. The number of hydrogen-bond donors (Lipinski definition) is 2. The highest BCUT2D eigenvalue weighted by Crippen LogP contribution is 2.30. The van der Waals surface area contributed by atoms with Gasteiger partial charge in [0.25, 0.3) is 5.91 Å². The molecule has 0 saturated heterocycles. The number of nitrogens with two attached hydrogens (primary N) is 1. The molecule has 0 aliphatic carbocycles. The molecule has 0 aliphatic heterocycles. The molecule has 3 aromatic rings. The first-order valence-corrected chi connectivity index (χ1v) is 7.64. The molecule has 0 radical (unpaired) electrons. The predicted molar refractivity (Wildman–Crippen MR) is 91.7 cm³/mol. The lowest BCUT2D eigenvalue weighted by molar-refractivity contribution is -0.137. The van der Waals surface area contributed by atoms with Crippen LogP contribution in [0.15, 0.2) is 48.5 Å². The van der Waals surface area contributed by atoms with Crippen molar-refractivity contribution < 1.29 is 22.7 Å². The smallest absolute Gasteiger partial charge is 0.416 e. The fourth-order valence-corrected chi connectivity index (χ4v) is 2.33. The van der Waals surface area contributed by atoms with E-state index in [1.165, 1.54) is 23.9 Å². The van der Waals surface area contributed by atoms with Crippen LogP contribution < -0.4 is 15.8 Å². The van der Waals surface area contributed by atoms with Crippen LogP contribution in [0.5, 0.6) is 5.75 Å². The quantitative estimate of drug-likeness (QED) is 0.728. The Balaban J connectivity index is 1.83. The molecular weight excluding hydrogens is 363 g/mol. The summed E-state index contributed by atoms with van der Waals surface area (Å²) < 4.78 is 44.6. The number of nitrogen functional groups attached to an aromatic ring is 1. The summed E-state index contributed by atoms with van der Waals surface area (Å²) in [6.45, 7) is 0. The minimum absolute atomic E-state index is 0.0341. The van der Waals surface area contributed by atoms with Crippen LogP contribution in [-0.4, -0.2) is 28.0 Å². The standard InChI is InChI=1S/C17H14F3N5O2/c1-27-13-7-5-12(6-8-13)25-15(21)14(23-24-25)16(26)22-11-4-2-3-10(9-11)17(18,19)20/h2-9H,21H2,1H3,(H,22,26). The Bertz CT molecular complexity index is 967. The molecule has 1 heterocycles. The Kier molecular flexibility index (Phi) is 4.72. The van der Waals surface area contributed by atoms with E-state index in [4.69, 9.17) is 10.5 Å². The van der Waals surface area contributed by atoms with Gasteiger partial charge in [-0.1, -0.05) is 11.3 Å². The Labute approximate surface area is 151 Å². The lowest BCUT2D eigenvalue weighted by atomic mass is 10.2. The topological polar surface area (TPSA) is 95.1 Å². The first-order valence-electron chi connectivity index (χ1n) is 7.64. The molecular formula is C17H14F3N5O2. The van der Waals surface area contributed by atoms with Crippen molar-refractivity contribution in [1.82, 2.24) is 15.0 Å². The van der Waals surface area contributed by atoms with Gasteiger partial charge in [-0.3, -0.25) is 4.79 Å². The van der Waals surface area contributed by atoms with Gasteiger partial charge in [0.2, 0.25) is 0 Å². The number of amides is 1. The van der Waals surface area contributed by atoms with Gasteiger partial charge >= 0.3 is 6.18 Å². The van der Waals surface area contributed by atoms with Crippen molar-refractivity contribution in [1.29, 1.82) is 0 Å². The number of benzene rings is 2. The van der Waals surface area contributed by atoms with Crippen molar-refractivity contribution in [3.05, 3.63) is 59.8 Å². The molecule has 0 aliphatic rings. The molecule has 0 atom stereocenters. The average Bonchev–Trinajstić information content (AvgIpc) is 3.03. The molecule has 0 unspecified atom stereocenters. The predicted octanol–water partition coefficient (Wildman–Crippen LogP) is 3.13. The highest BCUT2D eigenvalue weighted by atomic mass is 19.4. The van der Waals surface area contributed by atoms with Crippen molar-refractivity contribution in [3.8, 4) is 11.4 Å². The second kappa shape index (κ2) is 6.98. The number of nitrogens with one attached hydrogen (secondary N) is 1. The first kappa shape index (κ1) is 18.2. The highest BCUT2D eigenvalue weighted by Gasteiger charge is 2.30. The van der Waals surface area contributed by atoms with E-state index in [0.717, 1.165) is 12.1 Å². The van der Waals surface area contributed by atoms with Gasteiger partial charge in [0.05, 0.1) is 18.4 Å². The molecule has 2 aromatic carbocycles. The van der Waals surface area contributed by atoms with Crippen molar-refractivity contribution in [2.45, 2.75) is 6.18 Å². The fourth-order valence-electron chi connectivity index (χ4n) is 2.33. The van der Waals surface area contributed by atoms with E-state index >= 15 is 0 Å². The molecule has 140 valence electrons. The Morgan fingerprint density at radius 2 is 1.89 bits per heavy atom. The molecule has 7 nitrogen and oxygen atoms in total. The summed E-state index contributed by atoms with van der Waals surface area (Å²) in [7, 11) is 1.52. The Hall–Kier alpha value is -3.56. The normalized spacial score (nSPS) is 11.3.